The van der Waals surface area contributed by atoms with E-state index in [1.807, 2.05) is 35.2 Å². The summed E-state index contributed by atoms with van der Waals surface area (Å²) in [4.78, 5) is 18.8. The summed E-state index contributed by atoms with van der Waals surface area (Å²) in [6.07, 6.45) is 0.510. The Morgan fingerprint density at radius 1 is 1.14 bits per heavy atom. The molecule has 0 atom stereocenters. The minimum absolute atomic E-state index is 0.103. The Labute approximate surface area is 173 Å². The SMILES string of the molecule is COCCNC(=O)CN(Cc1ccccc1)c1nc(Cc2ccc(F)cc2)ns1. The normalized spacial score (nSPS) is 10.7. The van der Waals surface area contributed by atoms with Crippen LogP contribution in [0.5, 0.6) is 0 Å². The molecule has 0 spiro atoms. The smallest absolute Gasteiger partial charge is 0.239 e. The number of amides is 1. The summed E-state index contributed by atoms with van der Waals surface area (Å²) < 4.78 is 22.5. The monoisotopic (exact) mass is 414 g/mol. The molecule has 1 aromatic heterocycles. The largest absolute Gasteiger partial charge is 0.383 e. The third kappa shape index (κ3) is 6.62. The summed E-state index contributed by atoms with van der Waals surface area (Å²) in [5.74, 6) is 0.275. The van der Waals surface area contributed by atoms with Gasteiger partial charge >= 0.3 is 0 Å². The van der Waals surface area contributed by atoms with Crippen molar-refractivity contribution in [2.45, 2.75) is 13.0 Å². The van der Waals surface area contributed by atoms with E-state index in [2.05, 4.69) is 14.7 Å². The fourth-order valence-corrected chi connectivity index (χ4v) is 3.43. The van der Waals surface area contributed by atoms with Gasteiger partial charge in [0.05, 0.1) is 13.2 Å². The minimum Gasteiger partial charge on any atom is -0.383 e. The second kappa shape index (κ2) is 10.6. The van der Waals surface area contributed by atoms with Gasteiger partial charge in [0.2, 0.25) is 11.0 Å². The number of carbonyl (C=O) groups excluding carboxylic acids is 1. The van der Waals surface area contributed by atoms with Crippen LogP contribution in [0.25, 0.3) is 0 Å². The Morgan fingerprint density at radius 2 is 1.90 bits per heavy atom. The van der Waals surface area contributed by atoms with E-state index in [0.717, 1.165) is 11.1 Å². The third-order valence-corrected chi connectivity index (χ3v) is 5.00. The Morgan fingerprint density at radius 3 is 2.62 bits per heavy atom. The molecular formula is C21H23FN4O2S. The fourth-order valence-electron chi connectivity index (χ4n) is 2.75. The number of anilines is 1. The Hall–Kier alpha value is -2.84. The molecule has 0 saturated carbocycles. The van der Waals surface area contributed by atoms with Gasteiger partial charge in [0.1, 0.15) is 11.6 Å². The zero-order valence-electron chi connectivity index (χ0n) is 16.2. The highest BCUT2D eigenvalue weighted by Crippen LogP contribution is 2.21. The average molecular weight is 415 g/mol. The number of benzene rings is 2. The molecule has 0 aliphatic rings. The minimum atomic E-state index is -0.269. The number of carbonyl (C=O) groups is 1. The maximum atomic E-state index is 13.1. The number of nitrogens with one attached hydrogen (secondary N) is 1. The molecule has 1 amide bonds. The quantitative estimate of drug-likeness (QED) is 0.517. The zero-order chi connectivity index (χ0) is 20.5. The number of nitrogens with zero attached hydrogens (tertiary/aromatic N) is 3. The summed E-state index contributed by atoms with van der Waals surface area (Å²) in [6, 6.07) is 16.2. The molecule has 6 nitrogen and oxygen atoms in total. The Kier molecular flexibility index (Phi) is 7.66. The maximum absolute atomic E-state index is 13.1. The second-order valence-corrected chi connectivity index (χ2v) is 7.21. The van der Waals surface area contributed by atoms with Gasteiger partial charge in [-0.3, -0.25) is 4.79 Å². The van der Waals surface area contributed by atoms with Crippen molar-refractivity contribution in [3.8, 4) is 0 Å². The molecule has 2 aromatic carbocycles. The standard InChI is InChI=1S/C21H23FN4O2S/c1-28-12-11-23-20(27)15-26(14-17-5-3-2-4-6-17)21-24-19(25-29-21)13-16-7-9-18(22)10-8-16/h2-10H,11-15H2,1H3,(H,23,27). The highest BCUT2D eigenvalue weighted by atomic mass is 32.1. The van der Waals surface area contributed by atoms with E-state index in [0.29, 0.717) is 37.1 Å². The molecule has 0 radical (unpaired) electrons. The van der Waals surface area contributed by atoms with Crippen LogP contribution in [0.2, 0.25) is 0 Å². The van der Waals surface area contributed by atoms with Crippen molar-refractivity contribution in [3.63, 3.8) is 0 Å². The highest BCUT2D eigenvalue weighted by molar-refractivity contribution is 7.09. The first kappa shape index (κ1) is 20.9. The number of hydrogen-bond acceptors (Lipinski definition) is 6. The van der Waals surface area contributed by atoms with Crippen molar-refractivity contribution in [2.75, 3.05) is 31.7 Å². The first-order valence-corrected chi connectivity index (χ1v) is 10.0. The molecule has 0 fully saturated rings. The predicted octanol–water partition coefficient (Wildman–Crippen LogP) is 3.04. The number of halogens is 1. The van der Waals surface area contributed by atoms with Crippen LogP contribution in [0.3, 0.4) is 0 Å². The van der Waals surface area contributed by atoms with Crippen LogP contribution in [0.15, 0.2) is 54.6 Å². The van der Waals surface area contributed by atoms with Crippen LogP contribution in [0.4, 0.5) is 9.52 Å². The summed E-state index contributed by atoms with van der Waals surface area (Å²) in [6.45, 7) is 1.64. The summed E-state index contributed by atoms with van der Waals surface area (Å²) in [7, 11) is 1.59. The first-order valence-electron chi connectivity index (χ1n) is 9.25. The van der Waals surface area contributed by atoms with Crippen molar-refractivity contribution >= 4 is 22.6 Å². The van der Waals surface area contributed by atoms with E-state index in [1.165, 1.54) is 23.7 Å². The van der Waals surface area contributed by atoms with Crippen LogP contribution in [-0.4, -0.2) is 42.1 Å². The summed E-state index contributed by atoms with van der Waals surface area (Å²) >= 11 is 1.26. The molecule has 152 valence electrons. The number of hydrogen-bond donors (Lipinski definition) is 1. The molecule has 0 aliphatic carbocycles. The molecule has 0 unspecified atom stereocenters. The van der Waals surface area contributed by atoms with Crippen molar-refractivity contribution in [2.24, 2.45) is 0 Å². The zero-order valence-corrected chi connectivity index (χ0v) is 17.0. The van der Waals surface area contributed by atoms with Gasteiger partial charge in [-0.15, -0.1) is 0 Å². The van der Waals surface area contributed by atoms with Gasteiger partial charge in [-0.05, 0) is 23.3 Å². The van der Waals surface area contributed by atoms with Crippen LogP contribution in [0.1, 0.15) is 17.0 Å². The molecular weight excluding hydrogens is 391 g/mol. The topological polar surface area (TPSA) is 67.3 Å². The number of ether oxygens (including phenoxy) is 1. The van der Waals surface area contributed by atoms with Crippen LogP contribution < -0.4 is 10.2 Å². The average Bonchev–Trinajstić information content (AvgIpc) is 3.19. The van der Waals surface area contributed by atoms with E-state index >= 15 is 0 Å². The predicted molar refractivity (Wildman–Crippen MR) is 111 cm³/mol. The van der Waals surface area contributed by atoms with E-state index in [1.54, 1.807) is 19.2 Å². The second-order valence-electron chi connectivity index (χ2n) is 6.48. The van der Waals surface area contributed by atoms with Gasteiger partial charge in [0.15, 0.2) is 0 Å². The van der Waals surface area contributed by atoms with Gasteiger partial charge in [-0.25, -0.2) is 9.37 Å². The van der Waals surface area contributed by atoms with Crippen LogP contribution in [0, 0.1) is 5.82 Å². The number of aromatic nitrogens is 2. The Balaban J connectivity index is 1.71. The summed E-state index contributed by atoms with van der Waals surface area (Å²) in [5.41, 5.74) is 2.01. The molecule has 1 N–H and O–H groups in total. The van der Waals surface area contributed by atoms with E-state index in [9.17, 15) is 9.18 Å². The molecule has 8 heteroatoms. The lowest BCUT2D eigenvalue weighted by atomic mass is 10.1. The molecule has 0 saturated heterocycles. The van der Waals surface area contributed by atoms with Gasteiger partial charge < -0.3 is 15.0 Å². The molecule has 29 heavy (non-hydrogen) atoms. The van der Waals surface area contributed by atoms with Crippen LogP contribution >= 0.6 is 11.5 Å². The van der Waals surface area contributed by atoms with Crippen molar-refractivity contribution in [1.29, 1.82) is 0 Å². The van der Waals surface area contributed by atoms with E-state index in [-0.39, 0.29) is 18.3 Å². The van der Waals surface area contributed by atoms with Gasteiger partial charge in [0.25, 0.3) is 0 Å². The van der Waals surface area contributed by atoms with Crippen LogP contribution in [-0.2, 0) is 22.5 Å². The Bertz CT molecular complexity index is 903. The summed E-state index contributed by atoms with van der Waals surface area (Å²) in [5, 5.41) is 3.51. The molecule has 3 aromatic rings. The van der Waals surface area contributed by atoms with Gasteiger partial charge in [-0.2, -0.15) is 4.37 Å². The molecule has 1 heterocycles. The van der Waals surface area contributed by atoms with E-state index in [4.69, 9.17) is 4.74 Å². The fraction of sp³-hybridized carbons (Fsp3) is 0.286. The van der Waals surface area contributed by atoms with Gasteiger partial charge in [0, 0.05) is 38.2 Å². The van der Waals surface area contributed by atoms with Crippen molar-refractivity contribution < 1.29 is 13.9 Å². The van der Waals surface area contributed by atoms with Crippen molar-refractivity contribution in [1.82, 2.24) is 14.7 Å². The lowest BCUT2D eigenvalue weighted by Gasteiger charge is -2.21. The molecule has 3 rings (SSSR count). The highest BCUT2D eigenvalue weighted by Gasteiger charge is 2.17. The molecule has 0 aliphatic heterocycles. The van der Waals surface area contributed by atoms with Gasteiger partial charge in [-0.1, -0.05) is 42.5 Å². The van der Waals surface area contributed by atoms with E-state index < -0.39 is 0 Å². The number of rotatable bonds is 10. The molecule has 0 bridgehead atoms. The number of methoxy groups -OCH3 is 1. The third-order valence-electron chi connectivity index (χ3n) is 4.18. The lowest BCUT2D eigenvalue weighted by Crippen LogP contribution is -2.38. The lowest BCUT2D eigenvalue weighted by molar-refractivity contribution is -0.120. The first-order chi connectivity index (χ1) is 14.1. The maximum Gasteiger partial charge on any atom is 0.239 e. The van der Waals surface area contributed by atoms with Crippen molar-refractivity contribution in [3.05, 3.63) is 77.4 Å².